The van der Waals surface area contributed by atoms with E-state index in [9.17, 15) is 0 Å². The lowest BCUT2D eigenvalue weighted by Crippen LogP contribution is -2.46. The van der Waals surface area contributed by atoms with Crippen LogP contribution in [0.15, 0.2) is 24.3 Å². The second kappa shape index (κ2) is 8.25. The molecule has 1 aliphatic rings. The van der Waals surface area contributed by atoms with Gasteiger partial charge >= 0.3 is 0 Å². The van der Waals surface area contributed by atoms with E-state index in [4.69, 9.17) is 10.5 Å². The van der Waals surface area contributed by atoms with E-state index in [2.05, 4.69) is 28.0 Å². The molecule has 2 N–H and O–H groups in total. The summed E-state index contributed by atoms with van der Waals surface area (Å²) < 4.78 is 5.56. The predicted octanol–water partition coefficient (Wildman–Crippen LogP) is 1.55. The van der Waals surface area contributed by atoms with Crippen LogP contribution in [0.4, 0.5) is 0 Å². The van der Waals surface area contributed by atoms with Crippen molar-refractivity contribution in [3.63, 3.8) is 0 Å². The van der Waals surface area contributed by atoms with Gasteiger partial charge in [0.15, 0.2) is 0 Å². The number of rotatable bonds is 7. The second-order valence-electron chi connectivity index (χ2n) is 5.34. The molecule has 2 rings (SSSR count). The van der Waals surface area contributed by atoms with E-state index in [1.165, 1.54) is 5.56 Å². The number of hydrogen-bond donors (Lipinski definition) is 1. The Bertz CT molecular complexity index is 389. The third kappa shape index (κ3) is 4.78. The van der Waals surface area contributed by atoms with Crippen molar-refractivity contribution in [1.29, 1.82) is 0 Å². The summed E-state index contributed by atoms with van der Waals surface area (Å²) in [7, 11) is 0. The van der Waals surface area contributed by atoms with Gasteiger partial charge in [-0.2, -0.15) is 0 Å². The van der Waals surface area contributed by atoms with Crippen molar-refractivity contribution in [2.75, 3.05) is 45.9 Å². The van der Waals surface area contributed by atoms with E-state index in [0.717, 1.165) is 64.6 Å². The largest absolute Gasteiger partial charge is 0.494 e. The molecule has 0 radical (unpaired) electrons. The lowest BCUT2D eigenvalue weighted by Gasteiger charge is -2.34. The lowest BCUT2D eigenvalue weighted by molar-refractivity contribution is 0.126. The molecule has 0 atom stereocenters. The molecule has 0 aliphatic carbocycles. The Morgan fingerprint density at radius 1 is 1.15 bits per heavy atom. The first-order chi connectivity index (χ1) is 9.81. The fourth-order valence-corrected chi connectivity index (χ4v) is 2.64. The van der Waals surface area contributed by atoms with E-state index >= 15 is 0 Å². The monoisotopic (exact) mass is 277 g/mol. The summed E-state index contributed by atoms with van der Waals surface area (Å²) in [5.41, 5.74) is 6.90. The van der Waals surface area contributed by atoms with Crippen LogP contribution >= 0.6 is 0 Å². The summed E-state index contributed by atoms with van der Waals surface area (Å²) in [6.45, 7) is 10.3. The first-order valence-corrected chi connectivity index (χ1v) is 7.68. The highest BCUT2D eigenvalue weighted by Crippen LogP contribution is 2.15. The number of hydrogen-bond acceptors (Lipinski definition) is 4. The molecule has 0 unspecified atom stereocenters. The number of benzene rings is 1. The summed E-state index contributed by atoms with van der Waals surface area (Å²) in [6.07, 6.45) is 1.11. The molecule has 0 spiro atoms. The molecule has 112 valence electrons. The van der Waals surface area contributed by atoms with Crippen molar-refractivity contribution < 1.29 is 4.74 Å². The van der Waals surface area contributed by atoms with Gasteiger partial charge in [0.1, 0.15) is 5.75 Å². The molecular formula is C16H27N3O. The van der Waals surface area contributed by atoms with E-state index in [1.807, 2.05) is 13.0 Å². The van der Waals surface area contributed by atoms with Crippen molar-refractivity contribution in [2.45, 2.75) is 19.9 Å². The van der Waals surface area contributed by atoms with Crippen molar-refractivity contribution in [1.82, 2.24) is 9.80 Å². The van der Waals surface area contributed by atoms with Crippen LogP contribution in [-0.4, -0.2) is 55.7 Å². The zero-order valence-corrected chi connectivity index (χ0v) is 12.6. The molecule has 1 aromatic carbocycles. The van der Waals surface area contributed by atoms with Gasteiger partial charge in [0.05, 0.1) is 6.61 Å². The fourth-order valence-electron chi connectivity index (χ4n) is 2.64. The van der Waals surface area contributed by atoms with Gasteiger partial charge < -0.3 is 15.4 Å². The molecule has 1 heterocycles. The SMILES string of the molecule is CCOc1cccc(CN2CCN(CCCN)CC2)c1. The molecule has 0 saturated carbocycles. The maximum absolute atomic E-state index is 5.56. The molecule has 1 aliphatic heterocycles. The number of nitrogens with two attached hydrogens (primary N) is 1. The third-order valence-corrected chi connectivity index (χ3v) is 3.76. The van der Waals surface area contributed by atoms with Crippen molar-refractivity contribution in [3.05, 3.63) is 29.8 Å². The Labute approximate surface area is 122 Å². The minimum atomic E-state index is 0.725. The fraction of sp³-hybridized carbons (Fsp3) is 0.625. The van der Waals surface area contributed by atoms with Crippen LogP contribution < -0.4 is 10.5 Å². The number of ether oxygens (including phenoxy) is 1. The summed E-state index contributed by atoms with van der Waals surface area (Å²) in [5.74, 6) is 0.978. The van der Waals surface area contributed by atoms with Crippen LogP contribution in [-0.2, 0) is 6.54 Å². The minimum Gasteiger partial charge on any atom is -0.494 e. The van der Waals surface area contributed by atoms with Crippen LogP contribution in [0.5, 0.6) is 5.75 Å². The minimum absolute atomic E-state index is 0.725. The number of nitrogens with zero attached hydrogens (tertiary/aromatic N) is 2. The average Bonchev–Trinajstić information content (AvgIpc) is 2.47. The molecule has 4 heteroatoms. The molecule has 1 saturated heterocycles. The Hall–Kier alpha value is -1.10. The first kappa shape index (κ1) is 15.3. The standard InChI is InChI=1S/C16H27N3O/c1-2-20-16-6-3-5-15(13-16)14-19-11-9-18(10-12-19)8-4-7-17/h3,5-6,13H,2,4,7-12,14,17H2,1H3. The van der Waals surface area contributed by atoms with E-state index in [0.29, 0.717) is 0 Å². The normalized spacial score (nSPS) is 17.3. The zero-order chi connectivity index (χ0) is 14.2. The average molecular weight is 277 g/mol. The maximum Gasteiger partial charge on any atom is 0.119 e. The highest BCUT2D eigenvalue weighted by Gasteiger charge is 2.16. The van der Waals surface area contributed by atoms with Gasteiger partial charge in [0.25, 0.3) is 0 Å². The molecule has 1 fully saturated rings. The summed E-state index contributed by atoms with van der Waals surface area (Å²) >= 11 is 0. The molecule has 20 heavy (non-hydrogen) atoms. The Kier molecular flexibility index (Phi) is 6.30. The van der Waals surface area contributed by atoms with Gasteiger partial charge in [-0.1, -0.05) is 12.1 Å². The van der Waals surface area contributed by atoms with Gasteiger partial charge in [-0.15, -0.1) is 0 Å². The van der Waals surface area contributed by atoms with Gasteiger partial charge in [-0.05, 0) is 44.1 Å². The van der Waals surface area contributed by atoms with Gasteiger partial charge in [-0.3, -0.25) is 4.90 Å². The van der Waals surface area contributed by atoms with E-state index in [1.54, 1.807) is 0 Å². The molecule has 0 bridgehead atoms. The van der Waals surface area contributed by atoms with Crippen molar-refractivity contribution in [2.24, 2.45) is 5.73 Å². The van der Waals surface area contributed by atoms with Crippen molar-refractivity contribution in [3.8, 4) is 5.75 Å². The van der Waals surface area contributed by atoms with Gasteiger partial charge in [-0.25, -0.2) is 0 Å². The highest BCUT2D eigenvalue weighted by molar-refractivity contribution is 5.28. The predicted molar refractivity (Wildman–Crippen MR) is 83.0 cm³/mol. The van der Waals surface area contributed by atoms with Crippen LogP contribution in [0, 0.1) is 0 Å². The molecule has 0 amide bonds. The second-order valence-corrected chi connectivity index (χ2v) is 5.34. The summed E-state index contributed by atoms with van der Waals surface area (Å²) in [6, 6.07) is 8.45. The van der Waals surface area contributed by atoms with Crippen LogP contribution in [0.1, 0.15) is 18.9 Å². The Balaban J connectivity index is 1.78. The topological polar surface area (TPSA) is 41.7 Å². The van der Waals surface area contributed by atoms with E-state index < -0.39 is 0 Å². The first-order valence-electron chi connectivity index (χ1n) is 7.68. The Morgan fingerprint density at radius 2 is 1.90 bits per heavy atom. The van der Waals surface area contributed by atoms with Crippen LogP contribution in [0.2, 0.25) is 0 Å². The smallest absolute Gasteiger partial charge is 0.119 e. The Morgan fingerprint density at radius 3 is 2.60 bits per heavy atom. The maximum atomic E-state index is 5.56. The molecule has 4 nitrogen and oxygen atoms in total. The van der Waals surface area contributed by atoms with E-state index in [-0.39, 0.29) is 0 Å². The molecular weight excluding hydrogens is 250 g/mol. The summed E-state index contributed by atoms with van der Waals surface area (Å²) in [4.78, 5) is 5.03. The molecule has 1 aromatic rings. The van der Waals surface area contributed by atoms with Crippen LogP contribution in [0.3, 0.4) is 0 Å². The highest BCUT2D eigenvalue weighted by atomic mass is 16.5. The number of piperazine rings is 1. The van der Waals surface area contributed by atoms with Gasteiger partial charge in [0, 0.05) is 32.7 Å². The zero-order valence-electron chi connectivity index (χ0n) is 12.6. The molecule has 0 aromatic heterocycles. The van der Waals surface area contributed by atoms with Gasteiger partial charge in [0.2, 0.25) is 0 Å². The van der Waals surface area contributed by atoms with Crippen LogP contribution in [0.25, 0.3) is 0 Å². The third-order valence-electron chi connectivity index (χ3n) is 3.76. The van der Waals surface area contributed by atoms with Crippen molar-refractivity contribution >= 4 is 0 Å². The summed E-state index contributed by atoms with van der Waals surface area (Å²) in [5, 5.41) is 0. The quantitative estimate of drug-likeness (QED) is 0.821. The lowest BCUT2D eigenvalue weighted by atomic mass is 10.2.